The molecule has 0 spiro atoms. The van der Waals surface area contributed by atoms with Gasteiger partial charge >= 0.3 is 0 Å². The Kier molecular flexibility index (Phi) is 4.06. The highest BCUT2D eigenvalue weighted by Crippen LogP contribution is 2.32. The Morgan fingerprint density at radius 2 is 2.05 bits per heavy atom. The molecule has 2 aromatic heterocycles. The summed E-state index contributed by atoms with van der Waals surface area (Å²) in [6.07, 6.45) is 8.56. The molecular formula is C15H20N4O. The van der Waals surface area contributed by atoms with E-state index in [-0.39, 0.29) is 6.04 Å². The number of hydrogen-bond donors (Lipinski definition) is 1. The monoisotopic (exact) mass is 272 g/mol. The fourth-order valence-electron chi connectivity index (χ4n) is 2.70. The van der Waals surface area contributed by atoms with Gasteiger partial charge in [0.25, 0.3) is 0 Å². The summed E-state index contributed by atoms with van der Waals surface area (Å²) in [5.74, 6) is 2.06. The molecule has 1 aliphatic carbocycles. The SMILES string of the molecule is C[C@@H](NCc1nc(C2CCCC2)no1)c1ccncc1. The van der Waals surface area contributed by atoms with Gasteiger partial charge in [-0.2, -0.15) is 4.98 Å². The van der Waals surface area contributed by atoms with E-state index in [1.807, 2.05) is 12.1 Å². The Balaban J connectivity index is 1.56. The Morgan fingerprint density at radius 3 is 2.80 bits per heavy atom. The highest BCUT2D eigenvalue weighted by atomic mass is 16.5. The molecular weight excluding hydrogens is 252 g/mol. The van der Waals surface area contributed by atoms with Crippen molar-refractivity contribution < 1.29 is 4.52 Å². The van der Waals surface area contributed by atoms with Crippen LogP contribution in [0.1, 0.15) is 61.8 Å². The molecule has 1 aliphatic rings. The molecule has 3 rings (SSSR count). The van der Waals surface area contributed by atoms with Gasteiger partial charge in [-0.05, 0) is 37.5 Å². The van der Waals surface area contributed by atoms with E-state index in [9.17, 15) is 0 Å². The van der Waals surface area contributed by atoms with Gasteiger partial charge in [-0.25, -0.2) is 0 Å². The lowest BCUT2D eigenvalue weighted by molar-refractivity contribution is 0.353. The average Bonchev–Trinajstić information content (AvgIpc) is 3.16. The molecule has 1 fully saturated rings. The topological polar surface area (TPSA) is 63.8 Å². The van der Waals surface area contributed by atoms with Gasteiger partial charge in [0.2, 0.25) is 5.89 Å². The third kappa shape index (κ3) is 3.04. The number of aromatic nitrogens is 3. The van der Waals surface area contributed by atoms with Gasteiger partial charge in [0.15, 0.2) is 5.82 Å². The van der Waals surface area contributed by atoms with Crippen molar-refractivity contribution in [3.63, 3.8) is 0 Å². The van der Waals surface area contributed by atoms with Gasteiger partial charge < -0.3 is 9.84 Å². The van der Waals surface area contributed by atoms with E-state index in [2.05, 4.69) is 27.4 Å². The zero-order chi connectivity index (χ0) is 13.8. The fourth-order valence-corrected chi connectivity index (χ4v) is 2.70. The molecule has 5 heteroatoms. The second kappa shape index (κ2) is 6.13. The number of pyridine rings is 1. The van der Waals surface area contributed by atoms with Crippen LogP contribution in [0.2, 0.25) is 0 Å². The molecule has 1 saturated carbocycles. The maximum Gasteiger partial charge on any atom is 0.240 e. The molecule has 1 N–H and O–H groups in total. The lowest BCUT2D eigenvalue weighted by Gasteiger charge is -2.11. The highest BCUT2D eigenvalue weighted by Gasteiger charge is 2.22. The molecule has 20 heavy (non-hydrogen) atoms. The Labute approximate surface area is 118 Å². The molecule has 0 aliphatic heterocycles. The van der Waals surface area contributed by atoms with Gasteiger partial charge in [-0.3, -0.25) is 4.98 Å². The van der Waals surface area contributed by atoms with E-state index in [1.165, 1.54) is 31.2 Å². The standard InChI is InChI=1S/C15H20N4O/c1-11(12-6-8-16-9-7-12)17-10-14-18-15(19-20-14)13-4-2-3-5-13/h6-9,11,13,17H,2-5,10H2,1H3/t11-/m1/s1. The van der Waals surface area contributed by atoms with Crippen LogP contribution in [0, 0.1) is 0 Å². The molecule has 2 aromatic rings. The van der Waals surface area contributed by atoms with E-state index >= 15 is 0 Å². The van der Waals surface area contributed by atoms with Crippen LogP contribution in [0.15, 0.2) is 29.0 Å². The first-order valence-corrected chi connectivity index (χ1v) is 7.28. The first-order valence-electron chi connectivity index (χ1n) is 7.28. The first kappa shape index (κ1) is 13.2. The summed E-state index contributed by atoms with van der Waals surface area (Å²) in [6, 6.07) is 4.25. The Morgan fingerprint density at radius 1 is 1.30 bits per heavy atom. The van der Waals surface area contributed by atoms with Crippen molar-refractivity contribution in [2.24, 2.45) is 0 Å². The number of nitrogens with zero attached hydrogens (tertiary/aromatic N) is 3. The van der Waals surface area contributed by atoms with Crippen molar-refractivity contribution in [2.45, 2.75) is 51.1 Å². The van der Waals surface area contributed by atoms with Crippen LogP contribution in [0.4, 0.5) is 0 Å². The van der Waals surface area contributed by atoms with Crippen molar-refractivity contribution in [2.75, 3.05) is 0 Å². The molecule has 2 heterocycles. The zero-order valence-electron chi connectivity index (χ0n) is 11.7. The summed E-state index contributed by atoms with van der Waals surface area (Å²) in [5.41, 5.74) is 1.20. The summed E-state index contributed by atoms with van der Waals surface area (Å²) in [4.78, 5) is 8.53. The number of nitrogens with one attached hydrogen (secondary N) is 1. The van der Waals surface area contributed by atoms with Crippen molar-refractivity contribution in [3.8, 4) is 0 Å². The van der Waals surface area contributed by atoms with Crippen LogP contribution in [-0.4, -0.2) is 15.1 Å². The summed E-state index contributed by atoms with van der Waals surface area (Å²) < 4.78 is 5.33. The van der Waals surface area contributed by atoms with Gasteiger partial charge in [0.1, 0.15) is 0 Å². The van der Waals surface area contributed by atoms with Gasteiger partial charge in [0.05, 0.1) is 6.54 Å². The number of rotatable bonds is 5. The number of hydrogen-bond acceptors (Lipinski definition) is 5. The third-order valence-electron chi connectivity index (χ3n) is 3.97. The first-order chi connectivity index (χ1) is 9.83. The van der Waals surface area contributed by atoms with Gasteiger partial charge in [-0.15, -0.1) is 0 Å². The molecule has 0 unspecified atom stereocenters. The largest absolute Gasteiger partial charge is 0.338 e. The minimum Gasteiger partial charge on any atom is -0.338 e. The predicted molar refractivity (Wildman–Crippen MR) is 75.0 cm³/mol. The van der Waals surface area contributed by atoms with E-state index in [1.54, 1.807) is 12.4 Å². The van der Waals surface area contributed by atoms with Crippen LogP contribution in [0.25, 0.3) is 0 Å². The lowest BCUT2D eigenvalue weighted by atomic mass is 10.1. The maximum absolute atomic E-state index is 5.33. The maximum atomic E-state index is 5.33. The van der Waals surface area contributed by atoms with Crippen LogP contribution in [0.3, 0.4) is 0 Å². The van der Waals surface area contributed by atoms with Gasteiger partial charge in [0, 0.05) is 24.4 Å². The summed E-state index contributed by atoms with van der Waals surface area (Å²) >= 11 is 0. The molecule has 0 amide bonds. The lowest BCUT2D eigenvalue weighted by Crippen LogP contribution is -2.18. The summed E-state index contributed by atoms with van der Waals surface area (Å²) in [5, 5.41) is 7.51. The van der Waals surface area contributed by atoms with Crippen LogP contribution in [0.5, 0.6) is 0 Å². The fraction of sp³-hybridized carbons (Fsp3) is 0.533. The molecule has 106 valence electrons. The third-order valence-corrected chi connectivity index (χ3v) is 3.97. The molecule has 0 aromatic carbocycles. The molecule has 5 nitrogen and oxygen atoms in total. The van der Waals surface area contributed by atoms with Crippen LogP contribution >= 0.6 is 0 Å². The van der Waals surface area contributed by atoms with Gasteiger partial charge in [-0.1, -0.05) is 18.0 Å². The van der Waals surface area contributed by atoms with Crippen LogP contribution in [-0.2, 0) is 6.54 Å². The summed E-state index contributed by atoms with van der Waals surface area (Å²) in [6.45, 7) is 2.72. The summed E-state index contributed by atoms with van der Waals surface area (Å²) in [7, 11) is 0. The van der Waals surface area contributed by atoms with Crippen molar-refractivity contribution in [1.82, 2.24) is 20.4 Å². The Bertz CT molecular complexity index is 534. The van der Waals surface area contributed by atoms with Crippen molar-refractivity contribution >= 4 is 0 Å². The highest BCUT2D eigenvalue weighted by molar-refractivity contribution is 5.13. The van der Waals surface area contributed by atoms with Crippen molar-refractivity contribution in [3.05, 3.63) is 41.8 Å². The second-order valence-corrected chi connectivity index (χ2v) is 5.41. The smallest absolute Gasteiger partial charge is 0.240 e. The minimum absolute atomic E-state index is 0.236. The van der Waals surface area contributed by atoms with E-state index in [0.717, 1.165) is 5.82 Å². The van der Waals surface area contributed by atoms with E-state index in [0.29, 0.717) is 18.4 Å². The molecule has 0 radical (unpaired) electrons. The van der Waals surface area contributed by atoms with E-state index < -0.39 is 0 Å². The molecule has 0 saturated heterocycles. The molecule has 0 bridgehead atoms. The minimum atomic E-state index is 0.236. The second-order valence-electron chi connectivity index (χ2n) is 5.41. The Hall–Kier alpha value is -1.75. The normalized spacial score (nSPS) is 17.4. The molecule has 1 atom stereocenters. The van der Waals surface area contributed by atoms with Crippen molar-refractivity contribution in [1.29, 1.82) is 0 Å². The average molecular weight is 272 g/mol. The predicted octanol–water partition coefficient (Wildman–Crippen LogP) is 2.97. The zero-order valence-corrected chi connectivity index (χ0v) is 11.7. The van der Waals surface area contributed by atoms with E-state index in [4.69, 9.17) is 4.52 Å². The van der Waals surface area contributed by atoms with Crippen LogP contribution < -0.4 is 5.32 Å². The quantitative estimate of drug-likeness (QED) is 0.906.